The van der Waals surface area contributed by atoms with Crippen molar-refractivity contribution in [2.45, 2.75) is 44.6 Å². The molecule has 110 valence electrons. The van der Waals surface area contributed by atoms with Gasteiger partial charge in [0, 0.05) is 7.11 Å². The van der Waals surface area contributed by atoms with Gasteiger partial charge in [-0.1, -0.05) is 42.5 Å². The molecule has 1 fully saturated rings. The molecule has 1 saturated heterocycles. The topological polar surface area (TPSA) is 47.9 Å². The van der Waals surface area contributed by atoms with E-state index in [0.717, 1.165) is 5.56 Å². The molecule has 0 spiro atoms. The van der Waals surface area contributed by atoms with E-state index in [1.165, 1.54) is 0 Å². The Morgan fingerprint density at radius 1 is 1.35 bits per heavy atom. The summed E-state index contributed by atoms with van der Waals surface area (Å²) < 4.78 is 16.9. The molecule has 1 aliphatic rings. The summed E-state index contributed by atoms with van der Waals surface area (Å²) in [5, 5.41) is 9.96. The summed E-state index contributed by atoms with van der Waals surface area (Å²) in [7, 11) is 1.55. The fraction of sp³-hybridized carbons (Fsp3) is 0.500. The van der Waals surface area contributed by atoms with E-state index >= 15 is 0 Å². The van der Waals surface area contributed by atoms with Gasteiger partial charge in [-0.3, -0.25) is 0 Å². The zero-order chi connectivity index (χ0) is 14.6. The van der Waals surface area contributed by atoms with Crippen LogP contribution in [0.4, 0.5) is 0 Å². The molecule has 0 aromatic heterocycles. The van der Waals surface area contributed by atoms with Gasteiger partial charge in [-0.25, -0.2) is 0 Å². The van der Waals surface area contributed by atoms with Crippen LogP contribution < -0.4 is 0 Å². The molecule has 4 heteroatoms. The molecule has 0 saturated carbocycles. The van der Waals surface area contributed by atoms with Gasteiger partial charge >= 0.3 is 0 Å². The summed E-state index contributed by atoms with van der Waals surface area (Å²) in [4.78, 5) is 0. The zero-order valence-corrected chi connectivity index (χ0v) is 12.2. The summed E-state index contributed by atoms with van der Waals surface area (Å²) >= 11 is 0. The lowest BCUT2D eigenvalue weighted by Crippen LogP contribution is -2.42. The van der Waals surface area contributed by atoms with Crippen molar-refractivity contribution in [3.63, 3.8) is 0 Å². The van der Waals surface area contributed by atoms with Crippen molar-refractivity contribution in [1.82, 2.24) is 0 Å². The van der Waals surface area contributed by atoms with Crippen molar-refractivity contribution in [3.05, 3.63) is 48.0 Å². The standard InChI is InChI=1S/C16H22O4/c1-4-10-16(2)14(13(18-3)15(17)20-16)19-11-12-8-6-5-7-9-12/h4-10,13-15,17H,11H2,1-3H3/b10-4+/t13-,14-,15?,16+/m1/s1. The molecule has 0 radical (unpaired) electrons. The fourth-order valence-corrected chi connectivity index (χ4v) is 2.60. The predicted octanol–water partition coefficient (Wildman–Crippen LogP) is 2.27. The van der Waals surface area contributed by atoms with Gasteiger partial charge in [0.05, 0.1) is 6.61 Å². The predicted molar refractivity (Wildman–Crippen MR) is 76.1 cm³/mol. The SMILES string of the molecule is C/C=C/[C@]1(C)OC(O)[C@H](OC)[C@H]1OCc1ccccc1. The molecule has 1 aliphatic heterocycles. The monoisotopic (exact) mass is 278 g/mol. The highest BCUT2D eigenvalue weighted by molar-refractivity contribution is 5.15. The second-order valence-corrected chi connectivity index (χ2v) is 5.11. The van der Waals surface area contributed by atoms with E-state index in [1.807, 2.05) is 56.3 Å². The van der Waals surface area contributed by atoms with Crippen molar-refractivity contribution in [2.24, 2.45) is 0 Å². The van der Waals surface area contributed by atoms with E-state index < -0.39 is 18.0 Å². The molecule has 20 heavy (non-hydrogen) atoms. The minimum atomic E-state index is -0.984. The van der Waals surface area contributed by atoms with E-state index in [1.54, 1.807) is 7.11 Å². The lowest BCUT2D eigenvalue weighted by atomic mass is 9.96. The van der Waals surface area contributed by atoms with E-state index in [-0.39, 0.29) is 6.10 Å². The number of aliphatic hydroxyl groups excluding tert-OH is 1. The number of benzene rings is 1. The minimum Gasteiger partial charge on any atom is -0.373 e. The van der Waals surface area contributed by atoms with Gasteiger partial charge in [0.15, 0.2) is 6.29 Å². The maximum absolute atomic E-state index is 9.96. The van der Waals surface area contributed by atoms with Crippen molar-refractivity contribution < 1.29 is 19.3 Å². The second-order valence-electron chi connectivity index (χ2n) is 5.11. The molecule has 0 bridgehead atoms. The third kappa shape index (κ3) is 3.10. The highest BCUT2D eigenvalue weighted by atomic mass is 16.7. The van der Waals surface area contributed by atoms with Crippen molar-refractivity contribution in [3.8, 4) is 0 Å². The fourth-order valence-electron chi connectivity index (χ4n) is 2.60. The quantitative estimate of drug-likeness (QED) is 0.839. The zero-order valence-electron chi connectivity index (χ0n) is 12.2. The average Bonchev–Trinajstić information content (AvgIpc) is 2.68. The van der Waals surface area contributed by atoms with Crippen LogP contribution >= 0.6 is 0 Å². The highest BCUT2D eigenvalue weighted by Gasteiger charge is 2.51. The van der Waals surface area contributed by atoms with Gasteiger partial charge in [0.2, 0.25) is 0 Å². The Morgan fingerprint density at radius 2 is 2.05 bits per heavy atom. The number of allylic oxidation sites excluding steroid dienone is 1. The molecule has 1 unspecified atom stereocenters. The van der Waals surface area contributed by atoms with Crippen LogP contribution in [0.2, 0.25) is 0 Å². The average molecular weight is 278 g/mol. The van der Waals surface area contributed by atoms with Crippen molar-refractivity contribution in [1.29, 1.82) is 0 Å². The molecule has 1 heterocycles. The van der Waals surface area contributed by atoms with E-state index in [2.05, 4.69) is 0 Å². The molecule has 4 nitrogen and oxygen atoms in total. The van der Waals surface area contributed by atoms with Gasteiger partial charge in [-0.05, 0) is 19.4 Å². The minimum absolute atomic E-state index is 0.362. The van der Waals surface area contributed by atoms with Crippen LogP contribution in [-0.2, 0) is 20.8 Å². The molecule has 0 aliphatic carbocycles. The molecule has 1 aromatic rings. The van der Waals surface area contributed by atoms with Crippen LogP contribution in [0.25, 0.3) is 0 Å². The van der Waals surface area contributed by atoms with Gasteiger partial charge in [0.1, 0.15) is 17.8 Å². The second kappa shape index (κ2) is 6.50. The number of aliphatic hydroxyl groups is 1. The van der Waals surface area contributed by atoms with Crippen LogP contribution in [0.15, 0.2) is 42.5 Å². The number of hydrogen-bond donors (Lipinski definition) is 1. The first-order chi connectivity index (χ1) is 9.60. The molecule has 4 atom stereocenters. The summed E-state index contributed by atoms with van der Waals surface area (Å²) in [5.41, 5.74) is 0.385. The molecule has 1 aromatic carbocycles. The van der Waals surface area contributed by atoms with Crippen LogP contribution in [-0.4, -0.2) is 36.3 Å². The van der Waals surface area contributed by atoms with E-state index in [0.29, 0.717) is 6.61 Å². The van der Waals surface area contributed by atoms with Crippen molar-refractivity contribution in [2.75, 3.05) is 7.11 Å². The number of rotatable bonds is 5. The van der Waals surface area contributed by atoms with Crippen LogP contribution in [0.3, 0.4) is 0 Å². The summed E-state index contributed by atoms with van der Waals surface area (Å²) in [6.07, 6.45) is 1.94. The molecular formula is C16H22O4. The lowest BCUT2D eigenvalue weighted by Gasteiger charge is -2.28. The first-order valence-corrected chi connectivity index (χ1v) is 6.79. The van der Waals surface area contributed by atoms with Gasteiger partial charge in [0.25, 0.3) is 0 Å². The Hall–Kier alpha value is -1.20. The maximum atomic E-state index is 9.96. The summed E-state index contributed by atoms with van der Waals surface area (Å²) in [6.45, 7) is 4.26. The van der Waals surface area contributed by atoms with Crippen LogP contribution in [0, 0.1) is 0 Å². The van der Waals surface area contributed by atoms with Crippen LogP contribution in [0.5, 0.6) is 0 Å². The Labute approximate surface area is 120 Å². The first-order valence-electron chi connectivity index (χ1n) is 6.79. The third-order valence-electron chi connectivity index (χ3n) is 3.56. The highest BCUT2D eigenvalue weighted by Crippen LogP contribution is 2.35. The Kier molecular flexibility index (Phi) is 4.94. The van der Waals surface area contributed by atoms with Gasteiger partial charge < -0.3 is 19.3 Å². The molecule has 0 amide bonds. The maximum Gasteiger partial charge on any atom is 0.185 e. The molecular weight excluding hydrogens is 256 g/mol. The Bertz CT molecular complexity index is 445. The third-order valence-corrected chi connectivity index (χ3v) is 3.56. The molecule has 1 N–H and O–H groups in total. The summed E-state index contributed by atoms with van der Waals surface area (Å²) in [6, 6.07) is 9.91. The van der Waals surface area contributed by atoms with E-state index in [9.17, 15) is 5.11 Å². The number of methoxy groups -OCH3 is 1. The first kappa shape index (κ1) is 15.2. The smallest absolute Gasteiger partial charge is 0.185 e. The normalized spacial score (nSPS) is 33.9. The molecule has 2 rings (SSSR count). The number of ether oxygens (including phenoxy) is 3. The largest absolute Gasteiger partial charge is 0.373 e. The van der Waals surface area contributed by atoms with Gasteiger partial charge in [-0.15, -0.1) is 0 Å². The van der Waals surface area contributed by atoms with E-state index in [4.69, 9.17) is 14.2 Å². The lowest BCUT2D eigenvalue weighted by molar-refractivity contribution is -0.147. The van der Waals surface area contributed by atoms with Gasteiger partial charge in [-0.2, -0.15) is 0 Å². The Morgan fingerprint density at radius 3 is 2.65 bits per heavy atom. The Balaban J connectivity index is 2.12. The van der Waals surface area contributed by atoms with Crippen molar-refractivity contribution >= 4 is 0 Å². The van der Waals surface area contributed by atoms with Crippen LogP contribution in [0.1, 0.15) is 19.4 Å². The number of hydrogen-bond acceptors (Lipinski definition) is 4. The summed E-state index contributed by atoms with van der Waals surface area (Å²) in [5.74, 6) is 0.